The number of hydrogen-bond acceptors (Lipinski definition) is 3. The van der Waals surface area contributed by atoms with Gasteiger partial charge in [-0.15, -0.1) is 11.8 Å². The summed E-state index contributed by atoms with van der Waals surface area (Å²) in [5, 5.41) is 0. The molecule has 2 nitrogen and oxygen atoms in total. The highest BCUT2D eigenvalue weighted by atomic mass is 32.2. The molecule has 0 saturated heterocycles. The number of fused-ring (bicyclic) bond motifs is 1. The first-order valence-electron chi connectivity index (χ1n) is 4.38. The molecule has 1 aromatic rings. The molecule has 0 saturated carbocycles. The average Bonchev–Trinajstić information content (AvgIpc) is 2.18. The van der Waals surface area contributed by atoms with E-state index < -0.39 is 0 Å². The monoisotopic (exact) mass is 195 g/mol. The Bertz CT molecular complexity index is 314. The van der Waals surface area contributed by atoms with E-state index >= 15 is 0 Å². The zero-order valence-electron chi connectivity index (χ0n) is 7.62. The maximum Gasteiger partial charge on any atom is 0.137 e. The average molecular weight is 195 g/mol. The van der Waals surface area contributed by atoms with Gasteiger partial charge >= 0.3 is 0 Å². The summed E-state index contributed by atoms with van der Waals surface area (Å²) >= 11 is 1.70. The molecule has 0 amide bonds. The van der Waals surface area contributed by atoms with Gasteiger partial charge in [-0.2, -0.15) is 0 Å². The molecule has 1 aromatic carbocycles. The zero-order chi connectivity index (χ0) is 9.26. The van der Waals surface area contributed by atoms with Gasteiger partial charge in [-0.05, 0) is 12.3 Å². The topological polar surface area (TPSA) is 35.2 Å². The van der Waals surface area contributed by atoms with E-state index in [2.05, 4.69) is 18.4 Å². The molecule has 1 aliphatic rings. The van der Waals surface area contributed by atoms with Gasteiger partial charge in [0.05, 0.1) is 6.61 Å². The van der Waals surface area contributed by atoms with Crippen LogP contribution in [-0.2, 0) is 0 Å². The van der Waals surface area contributed by atoms with Crippen molar-refractivity contribution in [2.24, 2.45) is 5.73 Å². The highest BCUT2D eigenvalue weighted by Crippen LogP contribution is 2.37. The summed E-state index contributed by atoms with van der Waals surface area (Å²) < 4.78 is 5.62. The van der Waals surface area contributed by atoms with Crippen molar-refractivity contribution >= 4 is 11.8 Å². The summed E-state index contributed by atoms with van der Waals surface area (Å²) in [5.41, 5.74) is 7.13. The predicted molar refractivity (Wildman–Crippen MR) is 55.3 cm³/mol. The van der Waals surface area contributed by atoms with Crippen LogP contribution in [0.2, 0.25) is 0 Å². The molecule has 0 fully saturated rings. The third-order valence-corrected chi connectivity index (χ3v) is 3.07. The van der Waals surface area contributed by atoms with Crippen LogP contribution in [0.15, 0.2) is 23.1 Å². The molecule has 1 aliphatic heterocycles. The van der Waals surface area contributed by atoms with E-state index in [1.54, 1.807) is 11.8 Å². The Labute approximate surface area is 82.5 Å². The molecule has 2 rings (SSSR count). The van der Waals surface area contributed by atoms with Crippen molar-refractivity contribution < 1.29 is 4.74 Å². The minimum atomic E-state index is 0.149. The van der Waals surface area contributed by atoms with Crippen molar-refractivity contribution in [3.63, 3.8) is 0 Å². The summed E-state index contributed by atoms with van der Waals surface area (Å²) in [7, 11) is 0. The Morgan fingerprint density at radius 1 is 1.54 bits per heavy atom. The van der Waals surface area contributed by atoms with Crippen LogP contribution in [0, 0.1) is 0 Å². The number of rotatable bonds is 1. The lowest BCUT2D eigenvalue weighted by Gasteiger charge is -2.24. The van der Waals surface area contributed by atoms with Crippen molar-refractivity contribution in [2.75, 3.05) is 12.9 Å². The van der Waals surface area contributed by atoms with Gasteiger partial charge in [0.2, 0.25) is 0 Å². The van der Waals surface area contributed by atoms with Crippen LogP contribution in [0.4, 0.5) is 0 Å². The van der Waals surface area contributed by atoms with Crippen molar-refractivity contribution in [3.8, 4) is 5.75 Å². The van der Waals surface area contributed by atoms with E-state index in [4.69, 9.17) is 10.5 Å². The molecular weight excluding hydrogens is 182 g/mol. The van der Waals surface area contributed by atoms with Crippen molar-refractivity contribution in [1.82, 2.24) is 0 Å². The minimum absolute atomic E-state index is 0.149. The number of hydrogen-bond donors (Lipinski definition) is 1. The first kappa shape index (κ1) is 8.91. The summed E-state index contributed by atoms with van der Waals surface area (Å²) in [6, 6.07) is 6.32. The SMILES string of the molecule is CSc1cccc2c1OCC[C@H]2N. The number of ether oxygens (including phenoxy) is 1. The standard InChI is InChI=1S/C10H13NOS/c1-13-9-4-2-3-7-8(11)5-6-12-10(7)9/h2-4,8H,5-6,11H2,1H3/t8-/m1/s1. The van der Waals surface area contributed by atoms with E-state index in [1.165, 1.54) is 4.90 Å². The Kier molecular flexibility index (Phi) is 2.47. The van der Waals surface area contributed by atoms with Crippen LogP contribution in [0.1, 0.15) is 18.0 Å². The smallest absolute Gasteiger partial charge is 0.137 e. The predicted octanol–water partition coefficient (Wildman–Crippen LogP) is 2.19. The minimum Gasteiger partial charge on any atom is -0.492 e. The molecule has 1 heterocycles. The molecule has 1 atom stereocenters. The van der Waals surface area contributed by atoms with Crippen LogP contribution in [0.5, 0.6) is 5.75 Å². The van der Waals surface area contributed by atoms with E-state index in [-0.39, 0.29) is 6.04 Å². The number of thioether (sulfide) groups is 1. The number of benzene rings is 1. The van der Waals surface area contributed by atoms with Gasteiger partial charge in [0.1, 0.15) is 5.75 Å². The third kappa shape index (κ3) is 1.54. The third-order valence-electron chi connectivity index (χ3n) is 2.30. The summed E-state index contributed by atoms with van der Waals surface area (Å²) in [6.07, 6.45) is 2.98. The molecule has 13 heavy (non-hydrogen) atoms. The molecule has 0 aromatic heterocycles. The normalized spacial score (nSPS) is 20.6. The molecule has 3 heteroatoms. The summed E-state index contributed by atoms with van der Waals surface area (Å²) in [5.74, 6) is 0.994. The lowest BCUT2D eigenvalue weighted by atomic mass is 10.0. The largest absolute Gasteiger partial charge is 0.492 e. The lowest BCUT2D eigenvalue weighted by Crippen LogP contribution is -2.20. The molecule has 70 valence electrons. The van der Waals surface area contributed by atoms with Crippen LogP contribution >= 0.6 is 11.8 Å². The fourth-order valence-corrected chi connectivity index (χ4v) is 2.16. The van der Waals surface area contributed by atoms with Gasteiger partial charge in [-0.3, -0.25) is 0 Å². The molecular formula is C10H13NOS. The molecule has 0 aliphatic carbocycles. The zero-order valence-corrected chi connectivity index (χ0v) is 8.43. The van der Waals surface area contributed by atoms with Gasteiger partial charge in [0.15, 0.2) is 0 Å². The fraction of sp³-hybridized carbons (Fsp3) is 0.400. The first-order chi connectivity index (χ1) is 6.33. The van der Waals surface area contributed by atoms with Crippen molar-refractivity contribution in [1.29, 1.82) is 0 Å². The van der Waals surface area contributed by atoms with Crippen LogP contribution in [-0.4, -0.2) is 12.9 Å². The highest BCUT2D eigenvalue weighted by molar-refractivity contribution is 7.98. The van der Waals surface area contributed by atoms with Gasteiger partial charge in [0, 0.05) is 22.9 Å². The quantitative estimate of drug-likeness (QED) is 0.698. The highest BCUT2D eigenvalue weighted by Gasteiger charge is 2.19. The van der Waals surface area contributed by atoms with E-state index in [9.17, 15) is 0 Å². The lowest BCUT2D eigenvalue weighted by molar-refractivity contribution is 0.262. The second-order valence-electron chi connectivity index (χ2n) is 3.12. The number of para-hydroxylation sites is 1. The molecule has 0 spiro atoms. The number of nitrogens with two attached hydrogens (primary N) is 1. The Balaban J connectivity index is 2.48. The summed E-state index contributed by atoms with van der Waals surface area (Å²) in [6.45, 7) is 0.742. The Morgan fingerprint density at radius 3 is 3.15 bits per heavy atom. The second-order valence-corrected chi connectivity index (χ2v) is 3.97. The first-order valence-corrected chi connectivity index (χ1v) is 5.60. The Hall–Kier alpha value is -0.670. The maximum atomic E-state index is 5.98. The molecule has 0 radical (unpaired) electrons. The summed E-state index contributed by atoms with van der Waals surface area (Å²) in [4.78, 5) is 1.19. The van der Waals surface area contributed by atoms with Gasteiger partial charge in [-0.25, -0.2) is 0 Å². The molecule has 0 bridgehead atoms. The molecule has 0 unspecified atom stereocenters. The van der Waals surface area contributed by atoms with Crippen molar-refractivity contribution in [3.05, 3.63) is 23.8 Å². The van der Waals surface area contributed by atoms with Crippen molar-refractivity contribution in [2.45, 2.75) is 17.4 Å². The maximum absolute atomic E-state index is 5.98. The van der Waals surface area contributed by atoms with E-state index in [1.807, 2.05) is 6.07 Å². The van der Waals surface area contributed by atoms with Gasteiger partial charge in [-0.1, -0.05) is 12.1 Å². The van der Waals surface area contributed by atoms with Gasteiger partial charge < -0.3 is 10.5 Å². The van der Waals surface area contributed by atoms with E-state index in [0.29, 0.717) is 0 Å². The van der Waals surface area contributed by atoms with Crippen LogP contribution in [0.3, 0.4) is 0 Å². The molecule has 2 N–H and O–H groups in total. The fourth-order valence-electron chi connectivity index (χ4n) is 1.58. The van der Waals surface area contributed by atoms with E-state index in [0.717, 1.165) is 24.3 Å². The van der Waals surface area contributed by atoms with Crippen LogP contribution < -0.4 is 10.5 Å². The second kappa shape index (κ2) is 3.60. The van der Waals surface area contributed by atoms with Gasteiger partial charge in [0.25, 0.3) is 0 Å². The van der Waals surface area contributed by atoms with Crippen LogP contribution in [0.25, 0.3) is 0 Å². The Morgan fingerprint density at radius 2 is 2.38 bits per heavy atom.